The monoisotopic (exact) mass is 289 g/mol. The first-order chi connectivity index (χ1) is 10.1. The van der Waals surface area contributed by atoms with Gasteiger partial charge in [-0.05, 0) is 43.4 Å². The molecule has 6 nitrogen and oxygen atoms in total. The summed E-state index contributed by atoms with van der Waals surface area (Å²) in [6, 6.07) is 4.84. The third-order valence-corrected chi connectivity index (χ3v) is 3.93. The van der Waals surface area contributed by atoms with E-state index in [2.05, 4.69) is 4.98 Å². The van der Waals surface area contributed by atoms with Gasteiger partial charge in [-0.1, -0.05) is 6.07 Å². The average Bonchev–Trinajstić information content (AvgIpc) is 2.86. The highest BCUT2D eigenvalue weighted by molar-refractivity contribution is 5.82. The number of oxazole rings is 1. The quantitative estimate of drug-likeness (QED) is 0.881. The van der Waals surface area contributed by atoms with Crippen molar-refractivity contribution < 1.29 is 9.21 Å². The first-order valence-electron chi connectivity index (χ1n) is 7.29. The lowest BCUT2D eigenvalue weighted by atomic mass is 10.0. The normalized spacial score (nSPS) is 17.1. The molecule has 1 atom stereocenters. The molecule has 1 fully saturated rings. The fourth-order valence-electron chi connectivity index (χ4n) is 2.81. The number of fused-ring (bicyclic) bond motifs is 1. The zero-order valence-corrected chi connectivity index (χ0v) is 11.8. The van der Waals surface area contributed by atoms with Crippen molar-refractivity contribution in [2.24, 2.45) is 5.73 Å². The molecule has 0 saturated carbocycles. The molecule has 1 amide bonds. The van der Waals surface area contributed by atoms with E-state index in [1.807, 2.05) is 11.0 Å². The number of hydrogen-bond acceptors (Lipinski definition) is 4. The van der Waals surface area contributed by atoms with Crippen molar-refractivity contribution in [1.29, 1.82) is 0 Å². The number of likely N-dealkylation sites (tertiary alicyclic amines) is 1. The van der Waals surface area contributed by atoms with Gasteiger partial charge in [0.05, 0.1) is 11.6 Å². The van der Waals surface area contributed by atoms with E-state index in [0.717, 1.165) is 31.5 Å². The number of H-pyrrole nitrogens is 1. The number of aromatic amines is 1. The van der Waals surface area contributed by atoms with E-state index in [0.29, 0.717) is 17.5 Å². The van der Waals surface area contributed by atoms with Crippen LogP contribution >= 0.6 is 0 Å². The first-order valence-corrected chi connectivity index (χ1v) is 7.29. The highest BCUT2D eigenvalue weighted by Gasteiger charge is 2.22. The number of piperidine rings is 1. The number of nitrogens with zero attached hydrogens (tertiary/aromatic N) is 1. The second-order valence-electron chi connectivity index (χ2n) is 5.54. The molecular weight excluding hydrogens is 270 g/mol. The predicted octanol–water partition coefficient (Wildman–Crippen LogP) is 1.00. The molecule has 2 aromatic rings. The van der Waals surface area contributed by atoms with Crippen LogP contribution in [-0.4, -0.2) is 34.9 Å². The van der Waals surface area contributed by atoms with Crippen LogP contribution in [0.15, 0.2) is 27.4 Å². The van der Waals surface area contributed by atoms with Crippen LogP contribution in [0.25, 0.3) is 11.1 Å². The molecule has 0 aliphatic carbocycles. The molecule has 1 aliphatic rings. The SMILES string of the molecule is NC(Cc1ccc2[nH]c(=O)oc2c1)C(=O)N1CCCCC1. The molecule has 2 heterocycles. The third-order valence-electron chi connectivity index (χ3n) is 3.93. The van der Waals surface area contributed by atoms with E-state index in [1.165, 1.54) is 6.42 Å². The van der Waals surface area contributed by atoms with Crippen LogP contribution in [0, 0.1) is 0 Å². The molecule has 3 N–H and O–H groups in total. The number of nitrogens with two attached hydrogens (primary N) is 1. The summed E-state index contributed by atoms with van der Waals surface area (Å²) in [5.74, 6) is -0.471. The predicted molar refractivity (Wildman–Crippen MR) is 78.9 cm³/mol. The Labute approximate surface area is 121 Å². The zero-order valence-electron chi connectivity index (χ0n) is 11.8. The van der Waals surface area contributed by atoms with E-state index in [-0.39, 0.29) is 5.91 Å². The number of hydrogen-bond donors (Lipinski definition) is 2. The lowest BCUT2D eigenvalue weighted by Gasteiger charge is -2.29. The van der Waals surface area contributed by atoms with E-state index in [9.17, 15) is 9.59 Å². The van der Waals surface area contributed by atoms with Crippen LogP contribution in [0.1, 0.15) is 24.8 Å². The Kier molecular flexibility index (Phi) is 3.79. The van der Waals surface area contributed by atoms with Gasteiger partial charge >= 0.3 is 5.76 Å². The summed E-state index contributed by atoms with van der Waals surface area (Å²) >= 11 is 0. The van der Waals surface area contributed by atoms with Crippen LogP contribution in [0.3, 0.4) is 0 Å². The second kappa shape index (κ2) is 5.73. The molecule has 112 valence electrons. The van der Waals surface area contributed by atoms with Crippen molar-refractivity contribution in [2.45, 2.75) is 31.7 Å². The van der Waals surface area contributed by atoms with Crippen molar-refractivity contribution in [2.75, 3.05) is 13.1 Å². The topological polar surface area (TPSA) is 92.3 Å². The number of benzene rings is 1. The van der Waals surface area contributed by atoms with E-state index < -0.39 is 11.8 Å². The number of carbonyl (C=O) groups excluding carboxylic acids is 1. The number of amides is 1. The smallest absolute Gasteiger partial charge is 0.408 e. The largest absolute Gasteiger partial charge is 0.417 e. The molecule has 0 radical (unpaired) electrons. The van der Waals surface area contributed by atoms with E-state index in [1.54, 1.807) is 12.1 Å². The Bertz CT molecular complexity index is 697. The van der Waals surface area contributed by atoms with Gasteiger partial charge in [-0.2, -0.15) is 0 Å². The first kappa shape index (κ1) is 13.9. The molecule has 0 bridgehead atoms. The van der Waals surface area contributed by atoms with E-state index in [4.69, 9.17) is 10.2 Å². The van der Waals surface area contributed by atoms with Gasteiger partial charge in [0.15, 0.2) is 5.58 Å². The van der Waals surface area contributed by atoms with Crippen molar-refractivity contribution in [1.82, 2.24) is 9.88 Å². The average molecular weight is 289 g/mol. The Hall–Kier alpha value is -2.08. The van der Waals surface area contributed by atoms with Crippen molar-refractivity contribution in [3.8, 4) is 0 Å². The maximum Gasteiger partial charge on any atom is 0.417 e. The fourth-order valence-corrected chi connectivity index (χ4v) is 2.81. The maximum atomic E-state index is 12.3. The summed E-state index contributed by atoms with van der Waals surface area (Å²) < 4.78 is 5.02. The molecule has 0 spiro atoms. The molecule has 1 aliphatic heterocycles. The summed E-state index contributed by atoms with van der Waals surface area (Å²) in [5, 5.41) is 0. The Balaban J connectivity index is 1.71. The molecular formula is C15H19N3O3. The Morgan fingerprint density at radius 2 is 2.10 bits per heavy atom. The van der Waals surface area contributed by atoms with Crippen molar-refractivity contribution in [3.05, 3.63) is 34.3 Å². The van der Waals surface area contributed by atoms with Crippen LogP contribution in [0.2, 0.25) is 0 Å². The molecule has 3 rings (SSSR count). The van der Waals surface area contributed by atoms with Crippen molar-refractivity contribution in [3.63, 3.8) is 0 Å². The lowest BCUT2D eigenvalue weighted by Crippen LogP contribution is -2.46. The molecule has 1 aromatic heterocycles. The van der Waals surface area contributed by atoms with Gasteiger partial charge in [0.1, 0.15) is 0 Å². The standard InChI is InChI=1S/C15H19N3O3/c16-11(14(19)18-6-2-1-3-7-18)8-10-4-5-12-13(9-10)21-15(20)17-12/h4-5,9,11H,1-3,6-8,16H2,(H,17,20). The minimum atomic E-state index is -0.550. The van der Waals surface area contributed by atoms with Crippen LogP contribution in [-0.2, 0) is 11.2 Å². The summed E-state index contributed by atoms with van der Waals surface area (Å²) in [5.41, 5.74) is 8.08. The highest BCUT2D eigenvalue weighted by Crippen LogP contribution is 2.15. The maximum absolute atomic E-state index is 12.3. The molecule has 1 unspecified atom stereocenters. The van der Waals surface area contributed by atoms with Gasteiger partial charge in [-0.25, -0.2) is 4.79 Å². The van der Waals surface area contributed by atoms with Gasteiger partial charge in [0, 0.05) is 13.1 Å². The molecule has 21 heavy (non-hydrogen) atoms. The Morgan fingerprint density at radius 3 is 2.86 bits per heavy atom. The Morgan fingerprint density at radius 1 is 1.33 bits per heavy atom. The fraction of sp³-hybridized carbons (Fsp3) is 0.467. The minimum Gasteiger partial charge on any atom is -0.408 e. The van der Waals surface area contributed by atoms with Crippen LogP contribution in [0.4, 0.5) is 0 Å². The summed E-state index contributed by atoms with van der Waals surface area (Å²) in [6.07, 6.45) is 3.74. The molecule has 1 aromatic carbocycles. The highest BCUT2D eigenvalue weighted by atomic mass is 16.4. The summed E-state index contributed by atoms with van der Waals surface area (Å²) in [7, 11) is 0. The van der Waals surface area contributed by atoms with Gasteiger partial charge in [0.25, 0.3) is 0 Å². The minimum absolute atomic E-state index is 0.00492. The second-order valence-corrected chi connectivity index (χ2v) is 5.54. The summed E-state index contributed by atoms with van der Waals surface area (Å²) in [6.45, 7) is 1.61. The van der Waals surface area contributed by atoms with Gasteiger partial charge < -0.3 is 15.1 Å². The number of carbonyl (C=O) groups is 1. The van der Waals surface area contributed by atoms with Crippen LogP contribution < -0.4 is 11.5 Å². The van der Waals surface area contributed by atoms with Gasteiger partial charge in [-0.15, -0.1) is 0 Å². The number of nitrogens with one attached hydrogen (secondary N) is 1. The lowest BCUT2D eigenvalue weighted by molar-refractivity contribution is -0.133. The third kappa shape index (κ3) is 3.00. The number of aromatic nitrogens is 1. The van der Waals surface area contributed by atoms with E-state index >= 15 is 0 Å². The van der Waals surface area contributed by atoms with Crippen LogP contribution in [0.5, 0.6) is 0 Å². The van der Waals surface area contributed by atoms with Gasteiger partial charge in [0.2, 0.25) is 5.91 Å². The number of rotatable bonds is 3. The summed E-state index contributed by atoms with van der Waals surface area (Å²) in [4.78, 5) is 27.9. The molecule has 1 saturated heterocycles. The zero-order chi connectivity index (χ0) is 14.8. The van der Waals surface area contributed by atoms with Gasteiger partial charge in [-0.3, -0.25) is 9.78 Å². The van der Waals surface area contributed by atoms with Crippen molar-refractivity contribution >= 4 is 17.0 Å². The molecule has 6 heteroatoms.